The van der Waals surface area contributed by atoms with Crippen molar-refractivity contribution in [3.8, 4) is 5.75 Å². The minimum absolute atomic E-state index is 0.127. The molecule has 4 heteroatoms. The highest BCUT2D eigenvalue weighted by Crippen LogP contribution is 2.11. The number of carbonyl (C=O) groups excluding carboxylic acids is 1. The zero-order valence-corrected chi connectivity index (χ0v) is 12.1. The molecule has 4 nitrogen and oxygen atoms in total. The number of hydrazone groups is 1. The van der Waals surface area contributed by atoms with Crippen molar-refractivity contribution < 1.29 is 9.90 Å². The summed E-state index contributed by atoms with van der Waals surface area (Å²) < 4.78 is 0. The Balaban J connectivity index is 2.17. The lowest BCUT2D eigenvalue weighted by Crippen LogP contribution is -2.22. The molecule has 2 aromatic rings. The standard InChI is InChI=1S/C17H18N2O2/c1-12(2)16(13-6-4-3-5-7-13)18-19-17(21)14-8-10-15(20)11-9-14/h3-12,20H,1-2H3,(H,19,21). The van der Waals surface area contributed by atoms with Gasteiger partial charge in [0, 0.05) is 5.56 Å². The van der Waals surface area contributed by atoms with Crippen molar-refractivity contribution in [2.45, 2.75) is 13.8 Å². The van der Waals surface area contributed by atoms with Gasteiger partial charge in [0.05, 0.1) is 5.71 Å². The summed E-state index contributed by atoms with van der Waals surface area (Å²) in [5.74, 6) is 0.0128. The number of benzene rings is 2. The van der Waals surface area contributed by atoms with Gasteiger partial charge >= 0.3 is 0 Å². The molecule has 2 rings (SSSR count). The van der Waals surface area contributed by atoms with E-state index in [-0.39, 0.29) is 17.6 Å². The topological polar surface area (TPSA) is 61.7 Å². The molecule has 0 spiro atoms. The van der Waals surface area contributed by atoms with E-state index in [1.807, 2.05) is 44.2 Å². The third kappa shape index (κ3) is 3.92. The Labute approximate surface area is 124 Å². The van der Waals surface area contributed by atoms with Gasteiger partial charge < -0.3 is 5.11 Å². The molecule has 0 aromatic heterocycles. The van der Waals surface area contributed by atoms with E-state index in [2.05, 4.69) is 10.5 Å². The van der Waals surface area contributed by atoms with Gasteiger partial charge in [-0.25, -0.2) is 5.43 Å². The molecule has 0 heterocycles. The van der Waals surface area contributed by atoms with Gasteiger partial charge in [-0.2, -0.15) is 5.10 Å². The van der Waals surface area contributed by atoms with Crippen molar-refractivity contribution in [3.63, 3.8) is 0 Å². The zero-order valence-electron chi connectivity index (χ0n) is 12.1. The van der Waals surface area contributed by atoms with E-state index in [9.17, 15) is 9.90 Å². The maximum absolute atomic E-state index is 12.0. The molecule has 0 fully saturated rings. The fourth-order valence-electron chi connectivity index (χ4n) is 1.92. The summed E-state index contributed by atoms with van der Waals surface area (Å²) in [6, 6.07) is 15.8. The molecule has 0 atom stereocenters. The van der Waals surface area contributed by atoms with E-state index in [0.717, 1.165) is 11.3 Å². The highest BCUT2D eigenvalue weighted by molar-refractivity contribution is 6.03. The minimum atomic E-state index is -0.302. The second kappa shape index (κ2) is 6.70. The predicted octanol–water partition coefficient (Wildman–Crippen LogP) is 3.18. The lowest BCUT2D eigenvalue weighted by molar-refractivity contribution is 0.0954. The molecule has 0 aliphatic heterocycles. The number of rotatable bonds is 4. The average Bonchev–Trinajstić information content (AvgIpc) is 2.48. The summed E-state index contributed by atoms with van der Waals surface area (Å²) in [6.45, 7) is 4.05. The van der Waals surface area contributed by atoms with E-state index < -0.39 is 0 Å². The van der Waals surface area contributed by atoms with Gasteiger partial charge in [0.1, 0.15) is 5.75 Å². The van der Waals surface area contributed by atoms with Crippen LogP contribution in [0.1, 0.15) is 29.8 Å². The van der Waals surface area contributed by atoms with E-state index in [4.69, 9.17) is 0 Å². The molecule has 21 heavy (non-hydrogen) atoms. The molecular formula is C17H18N2O2. The van der Waals surface area contributed by atoms with Gasteiger partial charge in [0.25, 0.3) is 5.91 Å². The SMILES string of the molecule is CC(C)C(=NNC(=O)c1ccc(O)cc1)c1ccccc1. The summed E-state index contributed by atoms with van der Waals surface area (Å²) in [7, 11) is 0. The molecule has 2 N–H and O–H groups in total. The van der Waals surface area contributed by atoms with Gasteiger partial charge in [-0.15, -0.1) is 0 Å². The Bertz CT molecular complexity index is 632. The smallest absolute Gasteiger partial charge is 0.271 e. The largest absolute Gasteiger partial charge is 0.508 e. The maximum atomic E-state index is 12.0. The van der Waals surface area contributed by atoms with Crippen LogP contribution >= 0.6 is 0 Å². The highest BCUT2D eigenvalue weighted by Gasteiger charge is 2.10. The highest BCUT2D eigenvalue weighted by atomic mass is 16.3. The average molecular weight is 282 g/mol. The van der Waals surface area contributed by atoms with Crippen LogP contribution < -0.4 is 5.43 Å². The van der Waals surface area contributed by atoms with Gasteiger partial charge in [-0.1, -0.05) is 44.2 Å². The Morgan fingerprint density at radius 1 is 1.00 bits per heavy atom. The molecule has 0 aliphatic rings. The van der Waals surface area contributed by atoms with Crippen LogP contribution in [-0.4, -0.2) is 16.7 Å². The van der Waals surface area contributed by atoms with Crippen LogP contribution in [0.3, 0.4) is 0 Å². The Hall–Kier alpha value is -2.62. The Morgan fingerprint density at radius 2 is 1.62 bits per heavy atom. The third-order valence-electron chi connectivity index (χ3n) is 3.02. The van der Waals surface area contributed by atoms with Crippen LogP contribution in [0.25, 0.3) is 0 Å². The molecule has 0 saturated heterocycles. The first-order valence-corrected chi connectivity index (χ1v) is 6.80. The van der Waals surface area contributed by atoms with Crippen LogP contribution in [0.15, 0.2) is 59.7 Å². The molecular weight excluding hydrogens is 264 g/mol. The van der Waals surface area contributed by atoms with Crippen molar-refractivity contribution >= 4 is 11.6 Å². The summed E-state index contributed by atoms with van der Waals surface area (Å²) in [5, 5.41) is 13.5. The number of aromatic hydroxyl groups is 1. The van der Waals surface area contributed by atoms with Crippen LogP contribution in [0.5, 0.6) is 5.75 Å². The van der Waals surface area contributed by atoms with Crippen LogP contribution in [-0.2, 0) is 0 Å². The lowest BCUT2D eigenvalue weighted by atomic mass is 10.0. The first-order chi connectivity index (χ1) is 10.1. The van der Waals surface area contributed by atoms with E-state index >= 15 is 0 Å². The quantitative estimate of drug-likeness (QED) is 0.668. The molecule has 108 valence electrons. The van der Waals surface area contributed by atoms with Gasteiger partial charge in [0.15, 0.2) is 0 Å². The third-order valence-corrected chi connectivity index (χ3v) is 3.02. The van der Waals surface area contributed by atoms with Crippen molar-refractivity contribution in [2.75, 3.05) is 0 Å². The van der Waals surface area contributed by atoms with Crippen molar-refractivity contribution in [2.24, 2.45) is 11.0 Å². The summed E-state index contributed by atoms with van der Waals surface area (Å²) in [5.41, 5.74) is 4.82. The monoisotopic (exact) mass is 282 g/mol. The molecule has 0 bridgehead atoms. The number of hydrogen-bond donors (Lipinski definition) is 2. The van der Waals surface area contributed by atoms with Crippen molar-refractivity contribution in [1.29, 1.82) is 0 Å². The number of phenols is 1. The van der Waals surface area contributed by atoms with Gasteiger partial charge in [0.2, 0.25) is 0 Å². The Kier molecular flexibility index (Phi) is 4.72. The first-order valence-electron chi connectivity index (χ1n) is 6.80. The second-order valence-corrected chi connectivity index (χ2v) is 5.01. The summed E-state index contributed by atoms with van der Waals surface area (Å²) >= 11 is 0. The molecule has 0 aliphatic carbocycles. The number of carbonyl (C=O) groups is 1. The maximum Gasteiger partial charge on any atom is 0.271 e. The number of amides is 1. The second-order valence-electron chi connectivity index (χ2n) is 5.01. The van der Waals surface area contributed by atoms with E-state index in [1.165, 1.54) is 12.1 Å². The molecule has 2 aromatic carbocycles. The number of hydrogen-bond acceptors (Lipinski definition) is 3. The fourth-order valence-corrected chi connectivity index (χ4v) is 1.92. The zero-order chi connectivity index (χ0) is 15.2. The van der Waals surface area contributed by atoms with Gasteiger partial charge in [-0.05, 0) is 35.7 Å². The van der Waals surface area contributed by atoms with Crippen molar-refractivity contribution in [1.82, 2.24) is 5.43 Å². The normalized spacial score (nSPS) is 11.5. The van der Waals surface area contributed by atoms with E-state index in [1.54, 1.807) is 12.1 Å². The molecule has 1 amide bonds. The number of nitrogens with zero attached hydrogens (tertiary/aromatic N) is 1. The van der Waals surface area contributed by atoms with Crippen LogP contribution in [0.4, 0.5) is 0 Å². The minimum Gasteiger partial charge on any atom is -0.508 e. The van der Waals surface area contributed by atoms with Crippen LogP contribution in [0.2, 0.25) is 0 Å². The number of nitrogens with one attached hydrogen (secondary N) is 1. The molecule has 0 radical (unpaired) electrons. The number of phenolic OH excluding ortho intramolecular Hbond substituents is 1. The molecule has 0 saturated carbocycles. The van der Waals surface area contributed by atoms with Crippen LogP contribution in [0, 0.1) is 5.92 Å². The van der Waals surface area contributed by atoms with E-state index in [0.29, 0.717) is 5.56 Å². The fraction of sp³-hybridized carbons (Fsp3) is 0.176. The Morgan fingerprint density at radius 3 is 2.19 bits per heavy atom. The summed E-state index contributed by atoms with van der Waals surface area (Å²) in [4.78, 5) is 12.0. The first kappa shape index (κ1) is 14.8. The predicted molar refractivity (Wildman–Crippen MR) is 83.4 cm³/mol. The van der Waals surface area contributed by atoms with Crippen molar-refractivity contribution in [3.05, 3.63) is 65.7 Å². The molecule has 0 unspecified atom stereocenters. The lowest BCUT2D eigenvalue weighted by Gasteiger charge is -2.10. The summed E-state index contributed by atoms with van der Waals surface area (Å²) in [6.07, 6.45) is 0. The van der Waals surface area contributed by atoms with Gasteiger partial charge in [-0.3, -0.25) is 4.79 Å².